The van der Waals surface area contributed by atoms with Gasteiger partial charge in [0.15, 0.2) is 0 Å². The maximum absolute atomic E-state index is 11.7. The number of nitrogens with two attached hydrogens (primary N) is 1. The van der Waals surface area contributed by atoms with E-state index in [9.17, 15) is 4.79 Å². The summed E-state index contributed by atoms with van der Waals surface area (Å²) in [7, 11) is 0. The van der Waals surface area contributed by atoms with Crippen LogP contribution in [0.3, 0.4) is 0 Å². The first-order chi connectivity index (χ1) is 9.60. The molecule has 1 unspecified atom stereocenters. The van der Waals surface area contributed by atoms with Crippen LogP contribution < -0.4 is 21.7 Å². The monoisotopic (exact) mass is 286 g/mol. The Balaban J connectivity index is 2.27. The second-order valence-electron chi connectivity index (χ2n) is 5.66. The Morgan fingerprint density at radius 1 is 1.20 bits per heavy atom. The van der Waals surface area contributed by atoms with E-state index < -0.39 is 0 Å². The van der Waals surface area contributed by atoms with Gasteiger partial charge in [-0.05, 0) is 24.8 Å². The highest BCUT2D eigenvalue weighted by molar-refractivity contribution is 5.80. The summed E-state index contributed by atoms with van der Waals surface area (Å²) in [5.41, 5.74) is 5.47. The van der Waals surface area contributed by atoms with E-state index in [4.69, 9.17) is 10.5 Å². The predicted molar refractivity (Wildman–Crippen MR) is 80.6 cm³/mol. The fourth-order valence-electron chi connectivity index (χ4n) is 2.60. The van der Waals surface area contributed by atoms with E-state index in [1.807, 2.05) is 0 Å². The zero-order chi connectivity index (χ0) is 14.8. The number of hydrogen-bond donors (Lipinski definition) is 4. The van der Waals surface area contributed by atoms with Gasteiger partial charge in [0.05, 0.1) is 6.04 Å². The van der Waals surface area contributed by atoms with Gasteiger partial charge in [-0.1, -0.05) is 13.8 Å². The number of carbonyl (C=O) groups is 1. The second kappa shape index (κ2) is 9.28. The van der Waals surface area contributed by atoms with Crippen molar-refractivity contribution in [1.82, 2.24) is 16.0 Å². The van der Waals surface area contributed by atoms with Gasteiger partial charge in [0.25, 0.3) is 0 Å². The lowest BCUT2D eigenvalue weighted by molar-refractivity contribution is -0.125. The molecule has 0 bridgehead atoms. The van der Waals surface area contributed by atoms with Crippen LogP contribution in [0.2, 0.25) is 0 Å². The fraction of sp³-hybridized carbons (Fsp3) is 0.929. The van der Waals surface area contributed by atoms with Crippen LogP contribution in [0.25, 0.3) is 0 Å². The summed E-state index contributed by atoms with van der Waals surface area (Å²) >= 11 is 0. The number of ether oxygens (including phenoxy) is 1. The number of likely N-dealkylation sites (N-methyl/N-ethyl adjacent to an activating group) is 1. The van der Waals surface area contributed by atoms with Gasteiger partial charge in [0.1, 0.15) is 0 Å². The van der Waals surface area contributed by atoms with Gasteiger partial charge in [-0.2, -0.15) is 0 Å². The van der Waals surface area contributed by atoms with E-state index in [-0.39, 0.29) is 17.4 Å². The van der Waals surface area contributed by atoms with Gasteiger partial charge in [0, 0.05) is 39.4 Å². The van der Waals surface area contributed by atoms with Crippen molar-refractivity contribution < 1.29 is 9.53 Å². The number of hydrogen-bond acceptors (Lipinski definition) is 5. The largest absolute Gasteiger partial charge is 0.381 e. The minimum Gasteiger partial charge on any atom is -0.381 e. The summed E-state index contributed by atoms with van der Waals surface area (Å²) in [4.78, 5) is 11.7. The van der Waals surface area contributed by atoms with E-state index in [1.165, 1.54) is 0 Å². The van der Waals surface area contributed by atoms with Crippen molar-refractivity contribution >= 4 is 5.91 Å². The van der Waals surface area contributed by atoms with Crippen LogP contribution in [-0.2, 0) is 9.53 Å². The maximum atomic E-state index is 11.7. The van der Waals surface area contributed by atoms with Crippen LogP contribution in [0.1, 0.15) is 26.7 Å². The van der Waals surface area contributed by atoms with Crippen molar-refractivity contribution in [3.05, 3.63) is 0 Å². The molecule has 118 valence electrons. The quantitative estimate of drug-likeness (QED) is 0.405. The van der Waals surface area contributed by atoms with Crippen LogP contribution >= 0.6 is 0 Å². The third-order valence-corrected chi connectivity index (χ3v) is 4.00. The van der Waals surface area contributed by atoms with Gasteiger partial charge in [0.2, 0.25) is 5.91 Å². The molecule has 1 rings (SSSR count). The zero-order valence-electron chi connectivity index (χ0n) is 12.8. The molecule has 20 heavy (non-hydrogen) atoms. The Kier molecular flexibility index (Phi) is 8.06. The first-order valence-electron chi connectivity index (χ1n) is 7.62. The molecule has 0 saturated carbocycles. The fourth-order valence-corrected chi connectivity index (χ4v) is 2.60. The van der Waals surface area contributed by atoms with E-state index in [1.54, 1.807) is 0 Å². The molecule has 0 aromatic carbocycles. The Morgan fingerprint density at radius 3 is 2.40 bits per heavy atom. The third-order valence-electron chi connectivity index (χ3n) is 4.00. The molecule has 1 atom stereocenters. The van der Waals surface area contributed by atoms with E-state index in [2.05, 4.69) is 29.8 Å². The number of rotatable bonds is 10. The van der Waals surface area contributed by atoms with Crippen molar-refractivity contribution in [3.8, 4) is 0 Å². The first kappa shape index (κ1) is 17.4. The molecule has 1 fully saturated rings. The number of carbonyl (C=O) groups excluding carboxylic acids is 1. The van der Waals surface area contributed by atoms with Crippen molar-refractivity contribution in [3.63, 3.8) is 0 Å². The SMILES string of the molecule is CCNCCNCCNC(C(N)=O)C1(C)CCOCC1. The molecular formula is C14H30N4O2. The van der Waals surface area contributed by atoms with Crippen molar-refractivity contribution in [2.75, 3.05) is 45.9 Å². The normalized spacial score (nSPS) is 19.7. The number of nitrogens with one attached hydrogen (secondary N) is 3. The smallest absolute Gasteiger partial charge is 0.235 e. The summed E-state index contributed by atoms with van der Waals surface area (Å²) < 4.78 is 5.38. The Morgan fingerprint density at radius 2 is 1.80 bits per heavy atom. The minimum atomic E-state index is -0.276. The standard InChI is InChI=1S/C14H30N4O2/c1-3-16-6-7-17-8-9-18-12(13(15)19)14(2)4-10-20-11-5-14/h12,16-18H,3-11H2,1-2H3,(H2,15,19). The first-order valence-corrected chi connectivity index (χ1v) is 7.62. The lowest BCUT2D eigenvalue weighted by Crippen LogP contribution is -2.55. The lowest BCUT2D eigenvalue weighted by atomic mass is 9.75. The molecule has 0 aliphatic carbocycles. The molecule has 1 saturated heterocycles. The Labute approximate surface area is 122 Å². The topological polar surface area (TPSA) is 88.4 Å². The van der Waals surface area contributed by atoms with Crippen LogP contribution in [0.15, 0.2) is 0 Å². The van der Waals surface area contributed by atoms with E-state index in [0.717, 1.165) is 45.6 Å². The lowest BCUT2D eigenvalue weighted by Gasteiger charge is -2.39. The average molecular weight is 286 g/mol. The molecule has 1 heterocycles. The zero-order valence-corrected chi connectivity index (χ0v) is 12.8. The highest BCUT2D eigenvalue weighted by atomic mass is 16.5. The van der Waals surface area contributed by atoms with E-state index in [0.29, 0.717) is 13.2 Å². The molecule has 1 aliphatic heterocycles. The molecule has 1 aliphatic rings. The molecule has 0 spiro atoms. The summed E-state index contributed by atoms with van der Waals surface area (Å²) in [6.07, 6.45) is 1.75. The third kappa shape index (κ3) is 5.75. The minimum absolute atomic E-state index is 0.0894. The van der Waals surface area contributed by atoms with Gasteiger partial charge in [-0.25, -0.2) is 0 Å². The Hall–Kier alpha value is -0.690. The highest BCUT2D eigenvalue weighted by Gasteiger charge is 2.38. The van der Waals surface area contributed by atoms with Crippen molar-refractivity contribution in [2.45, 2.75) is 32.7 Å². The molecule has 0 aromatic rings. The molecule has 1 amide bonds. The summed E-state index contributed by atoms with van der Waals surface area (Å²) in [5, 5.41) is 9.89. The summed E-state index contributed by atoms with van der Waals surface area (Å²) in [5.74, 6) is -0.262. The molecular weight excluding hydrogens is 256 g/mol. The Bertz CT molecular complexity index is 280. The van der Waals surface area contributed by atoms with Crippen LogP contribution in [0.5, 0.6) is 0 Å². The molecule has 6 nitrogen and oxygen atoms in total. The van der Waals surface area contributed by atoms with Gasteiger partial charge >= 0.3 is 0 Å². The summed E-state index contributed by atoms with van der Waals surface area (Å²) in [6, 6.07) is -0.276. The number of primary amides is 1. The van der Waals surface area contributed by atoms with Crippen LogP contribution in [0, 0.1) is 5.41 Å². The molecule has 0 aromatic heterocycles. The van der Waals surface area contributed by atoms with Crippen molar-refractivity contribution in [1.29, 1.82) is 0 Å². The van der Waals surface area contributed by atoms with Gasteiger partial charge in [-0.15, -0.1) is 0 Å². The van der Waals surface area contributed by atoms with Crippen LogP contribution in [0.4, 0.5) is 0 Å². The molecule has 0 radical (unpaired) electrons. The second-order valence-corrected chi connectivity index (χ2v) is 5.66. The molecule has 6 heteroatoms. The summed E-state index contributed by atoms with van der Waals surface area (Å²) in [6.45, 7) is 10.1. The number of amides is 1. The van der Waals surface area contributed by atoms with Gasteiger partial charge in [-0.3, -0.25) is 4.79 Å². The van der Waals surface area contributed by atoms with Crippen LogP contribution in [-0.4, -0.2) is 57.9 Å². The predicted octanol–water partition coefficient (Wildman–Crippen LogP) is -0.554. The maximum Gasteiger partial charge on any atom is 0.235 e. The van der Waals surface area contributed by atoms with Crippen molar-refractivity contribution in [2.24, 2.45) is 11.1 Å². The highest BCUT2D eigenvalue weighted by Crippen LogP contribution is 2.33. The van der Waals surface area contributed by atoms with E-state index >= 15 is 0 Å². The molecule has 5 N–H and O–H groups in total. The average Bonchev–Trinajstić information content (AvgIpc) is 2.42. The van der Waals surface area contributed by atoms with Gasteiger partial charge < -0.3 is 26.4 Å².